The summed E-state index contributed by atoms with van der Waals surface area (Å²) in [5, 5.41) is 3.29. The van der Waals surface area contributed by atoms with Gasteiger partial charge < -0.3 is 24.3 Å². The molecule has 1 heterocycles. The fraction of sp³-hybridized carbons (Fsp3) is 0.406. The Morgan fingerprint density at radius 3 is 2.51 bits per heavy atom. The van der Waals surface area contributed by atoms with Crippen LogP contribution in [0.25, 0.3) is 0 Å². The first kappa shape index (κ1) is 30.2. The van der Waals surface area contributed by atoms with E-state index < -0.39 is 23.8 Å². The second kappa shape index (κ2) is 13.8. The number of ether oxygens (including phenoxy) is 4. The van der Waals surface area contributed by atoms with Gasteiger partial charge in [0.25, 0.3) is 0 Å². The van der Waals surface area contributed by atoms with Gasteiger partial charge in [0, 0.05) is 28.6 Å². The maximum absolute atomic E-state index is 14.0. The topological polar surface area (TPSA) is 100 Å². The van der Waals surface area contributed by atoms with Crippen molar-refractivity contribution in [2.45, 2.75) is 39.7 Å². The van der Waals surface area contributed by atoms with Gasteiger partial charge in [-0.3, -0.25) is 9.59 Å². The molecule has 0 unspecified atom stereocenters. The molecule has 41 heavy (non-hydrogen) atoms. The molecule has 0 saturated heterocycles. The molecule has 8 nitrogen and oxygen atoms in total. The molecule has 2 aliphatic rings. The number of hydrogen-bond donors (Lipinski definition) is 1. The highest BCUT2D eigenvalue weighted by Crippen LogP contribution is 2.47. The maximum Gasteiger partial charge on any atom is 0.336 e. The van der Waals surface area contributed by atoms with Crippen LogP contribution in [0.3, 0.4) is 0 Å². The van der Waals surface area contributed by atoms with Crippen molar-refractivity contribution in [1.82, 2.24) is 5.32 Å². The third-order valence-corrected chi connectivity index (χ3v) is 8.25. The van der Waals surface area contributed by atoms with Crippen LogP contribution in [0.5, 0.6) is 11.5 Å². The third kappa shape index (κ3) is 6.62. The average molecular weight is 580 g/mol. The first-order valence-corrected chi connectivity index (χ1v) is 14.9. The van der Waals surface area contributed by atoms with E-state index in [2.05, 4.69) is 5.32 Å². The van der Waals surface area contributed by atoms with Crippen LogP contribution in [0.2, 0.25) is 0 Å². The molecule has 0 radical (unpaired) electrons. The summed E-state index contributed by atoms with van der Waals surface area (Å²) in [5.41, 5.74) is 3.68. The molecule has 218 valence electrons. The summed E-state index contributed by atoms with van der Waals surface area (Å²) >= 11 is 1.67. The standard InChI is InChI=1S/C32H37NO7S/c1-6-41-15-14-39-32(36)27-20(3)33-23-16-19(2)26(31(35)38-5)30(34)29(23)28(27)22-12-13-24(25(17-22)37-4)40-18-21-10-8-7-9-11-21/h7-13,17,19,26,28,33H,6,14-16,18H2,1-5H3/t19-,26+,28-/m0/s1. The van der Waals surface area contributed by atoms with E-state index in [9.17, 15) is 14.4 Å². The summed E-state index contributed by atoms with van der Waals surface area (Å²) in [6.45, 7) is 6.31. The molecule has 1 N–H and O–H groups in total. The summed E-state index contributed by atoms with van der Waals surface area (Å²) in [6.07, 6.45) is 0.458. The second-order valence-corrected chi connectivity index (χ2v) is 11.4. The van der Waals surface area contributed by atoms with Crippen LogP contribution in [0.1, 0.15) is 44.2 Å². The minimum absolute atomic E-state index is 0.248. The quantitative estimate of drug-likeness (QED) is 0.219. The lowest BCUT2D eigenvalue weighted by molar-refractivity contribution is -0.151. The SMILES string of the molecule is CCSCCOC(=O)C1=C(C)NC2=C(C(=O)[C@H](C(=O)OC)[C@@H](C)C2)[C@H]1c1ccc(OCc2ccccc2)c(OC)c1. The number of carbonyl (C=O) groups is 3. The van der Waals surface area contributed by atoms with E-state index in [0.29, 0.717) is 58.4 Å². The molecule has 4 rings (SSSR count). The van der Waals surface area contributed by atoms with Crippen molar-refractivity contribution in [3.8, 4) is 11.5 Å². The van der Waals surface area contributed by atoms with E-state index in [-0.39, 0.29) is 18.3 Å². The zero-order chi connectivity index (χ0) is 29.5. The van der Waals surface area contributed by atoms with Crippen molar-refractivity contribution in [2.24, 2.45) is 11.8 Å². The monoisotopic (exact) mass is 579 g/mol. The molecule has 0 saturated carbocycles. The van der Waals surface area contributed by atoms with E-state index >= 15 is 0 Å². The fourth-order valence-corrected chi connectivity index (χ4v) is 5.91. The number of allylic oxidation sites excluding steroid dienone is 3. The molecule has 1 aliphatic heterocycles. The van der Waals surface area contributed by atoms with E-state index in [1.165, 1.54) is 7.11 Å². The highest BCUT2D eigenvalue weighted by Gasteiger charge is 2.47. The minimum atomic E-state index is -0.963. The molecule has 3 atom stereocenters. The number of carbonyl (C=O) groups excluding carboxylic acids is 3. The Hall–Kier alpha value is -3.72. The predicted octanol–water partition coefficient (Wildman–Crippen LogP) is 5.18. The van der Waals surface area contributed by atoms with Crippen molar-refractivity contribution in [1.29, 1.82) is 0 Å². The lowest BCUT2D eigenvalue weighted by Gasteiger charge is -2.38. The number of benzene rings is 2. The van der Waals surface area contributed by atoms with Gasteiger partial charge in [-0.15, -0.1) is 0 Å². The number of thioether (sulfide) groups is 1. The zero-order valence-corrected chi connectivity index (χ0v) is 25.0. The van der Waals surface area contributed by atoms with E-state index in [1.54, 1.807) is 31.0 Å². The number of methoxy groups -OCH3 is 2. The van der Waals surface area contributed by atoms with Gasteiger partial charge in [0.1, 0.15) is 19.1 Å². The Balaban J connectivity index is 1.75. The van der Waals surface area contributed by atoms with Crippen LogP contribution in [0.4, 0.5) is 0 Å². The zero-order valence-electron chi connectivity index (χ0n) is 24.2. The lowest BCUT2D eigenvalue weighted by atomic mass is 9.69. The summed E-state index contributed by atoms with van der Waals surface area (Å²) in [4.78, 5) is 40.2. The molecule has 0 amide bonds. The average Bonchev–Trinajstić information content (AvgIpc) is 2.97. The van der Waals surface area contributed by atoms with Crippen molar-refractivity contribution < 1.29 is 33.3 Å². The Morgan fingerprint density at radius 2 is 1.83 bits per heavy atom. The van der Waals surface area contributed by atoms with Crippen molar-refractivity contribution >= 4 is 29.5 Å². The van der Waals surface area contributed by atoms with E-state index in [4.69, 9.17) is 18.9 Å². The number of rotatable bonds is 11. The van der Waals surface area contributed by atoms with Gasteiger partial charge in [-0.05, 0) is 48.3 Å². The summed E-state index contributed by atoms with van der Waals surface area (Å²) < 4.78 is 22.4. The van der Waals surface area contributed by atoms with Gasteiger partial charge in [0.15, 0.2) is 17.3 Å². The normalized spacial score (nSPS) is 20.2. The highest BCUT2D eigenvalue weighted by molar-refractivity contribution is 7.99. The first-order valence-electron chi connectivity index (χ1n) is 13.7. The molecule has 9 heteroatoms. The van der Waals surface area contributed by atoms with Crippen molar-refractivity contribution in [2.75, 3.05) is 32.3 Å². The van der Waals surface area contributed by atoms with Crippen LogP contribution >= 0.6 is 11.8 Å². The molecule has 0 fully saturated rings. The summed E-state index contributed by atoms with van der Waals surface area (Å²) in [5.74, 6) is -0.858. The third-order valence-electron chi connectivity index (χ3n) is 7.39. The first-order chi connectivity index (χ1) is 19.8. The number of esters is 2. The van der Waals surface area contributed by atoms with Gasteiger partial charge in [-0.2, -0.15) is 11.8 Å². The predicted molar refractivity (Wildman–Crippen MR) is 158 cm³/mol. The Labute approximate surface area is 245 Å². The number of dihydropyridines is 1. The Kier molecular flexibility index (Phi) is 10.2. The Bertz CT molecular complexity index is 1350. The van der Waals surface area contributed by atoms with Crippen LogP contribution in [-0.4, -0.2) is 50.1 Å². The van der Waals surface area contributed by atoms with Crippen molar-refractivity contribution in [3.63, 3.8) is 0 Å². The van der Waals surface area contributed by atoms with E-state index in [0.717, 1.165) is 11.3 Å². The van der Waals surface area contributed by atoms with E-state index in [1.807, 2.05) is 57.2 Å². The molecular weight excluding hydrogens is 542 g/mol. The minimum Gasteiger partial charge on any atom is -0.493 e. The number of hydrogen-bond acceptors (Lipinski definition) is 9. The van der Waals surface area contributed by atoms with Gasteiger partial charge in [-0.25, -0.2) is 4.79 Å². The summed E-state index contributed by atoms with van der Waals surface area (Å²) in [7, 11) is 2.83. The van der Waals surface area contributed by atoms with Gasteiger partial charge in [0.2, 0.25) is 0 Å². The Morgan fingerprint density at radius 1 is 1.07 bits per heavy atom. The van der Waals surface area contributed by atoms with Gasteiger partial charge >= 0.3 is 11.9 Å². The molecule has 2 aromatic rings. The summed E-state index contributed by atoms with van der Waals surface area (Å²) in [6, 6.07) is 15.2. The lowest BCUT2D eigenvalue weighted by Crippen LogP contribution is -2.43. The highest BCUT2D eigenvalue weighted by atomic mass is 32.2. The van der Waals surface area contributed by atoms with Crippen LogP contribution in [0.15, 0.2) is 71.1 Å². The van der Waals surface area contributed by atoms with Gasteiger partial charge in [-0.1, -0.05) is 50.2 Å². The van der Waals surface area contributed by atoms with Crippen LogP contribution in [0, 0.1) is 11.8 Å². The van der Waals surface area contributed by atoms with Crippen molar-refractivity contribution in [3.05, 3.63) is 82.2 Å². The van der Waals surface area contributed by atoms with Gasteiger partial charge in [0.05, 0.1) is 19.8 Å². The number of nitrogens with one attached hydrogen (secondary N) is 1. The molecule has 0 bridgehead atoms. The second-order valence-electron chi connectivity index (χ2n) is 10.1. The smallest absolute Gasteiger partial charge is 0.336 e. The van der Waals surface area contributed by atoms with Crippen LogP contribution in [-0.2, 0) is 30.5 Å². The fourth-order valence-electron chi connectivity index (χ4n) is 5.42. The molecule has 0 aromatic heterocycles. The molecule has 1 aliphatic carbocycles. The molecule has 0 spiro atoms. The molecular formula is C32H37NO7S. The van der Waals surface area contributed by atoms with Crippen LogP contribution < -0.4 is 14.8 Å². The number of Topliss-reactive ketones (excluding diaryl/α,β-unsaturated/α-hetero) is 1. The number of ketones is 1. The maximum atomic E-state index is 14.0. The largest absolute Gasteiger partial charge is 0.493 e. The molecule has 2 aromatic carbocycles.